The van der Waals surface area contributed by atoms with Gasteiger partial charge in [-0.05, 0) is 18.6 Å². The molecule has 190 valence electrons. The number of nitro groups is 1. The van der Waals surface area contributed by atoms with E-state index < -0.39 is 22.4 Å². The number of furan rings is 1. The van der Waals surface area contributed by atoms with Gasteiger partial charge in [-0.25, -0.2) is 9.59 Å². The molecule has 1 aliphatic heterocycles. The smallest absolute Gasteiger partial charge is 0.344 e. The number of hydrogen-bond acceptors (Lipinski definition) is 11. The molecule has 0 saturated carbocycles. The molecule has 3 heterocycles. The van der Waals surface area contributed by atoms with E-state index in [1.54, 1.807) is 13.0 Å². The zero-order valence-corrected chi connectivity index (χ0v) is 19.9. The van der Waals surface area contributed by atoms with Gasteiger partial charge in [0.1, 0.15) is 16.7 Å². The highest BCUT2D eigenvalue weighted by Gasteiger charge is 2.41. The van der Waals surface area contributed by atoms with E-state index in [-0.39, 0.29) is 63.1 Å². The predicted molar refractivity (Wildman–Crippen MR) is 129 cm³/mol. The molecule has 1 aliphatic rings. The first-order valence-electron chi connectivity index (χ1n) is 11.0. The molecular formula is C25H20N2O10. The number of nitrogens with zero attached hydrogens (tertiary/aromatic N) is 1. The zero-order valence-electron chi connectivity index (χ0n) is 19.9. The summed E-state index contributed by atoms with van der Waals surface area (Å²) in [6, 6.07) is 7.00. The predicted octanol–water partition coefficient (Wildman–Crippen LogP) is 3.72. The molecule has 12 nitrogen and oxygen atoms in total. The largest absolute Gasteiger partial charge is 0.495 e. The van der Waals surface area contributed by atoms with E-state index in [2.05, 4.69) is 0 Å². The summed E-state index contributed by atoms with van der Waals surface area (Å²) in [4.78, 5) is 37.1. The molecule has 1 atom stereocenters. The maximum Gasteiger partial charge on any atom is 0.344 e. The number of esters is 1. The van der Waals surface area contributed by atoms with Crippen LogP contribution in [0, 0.1) is 10.1 Å². The Morgan fingerprint density at radius 2 is 1.81 bits per heavy atom. The maximum absolute atomic E-state index is 13.5. The van der Waals surface area contributed by atoms with E-state index in [1.807, 2.05) is 0 Å². The fourth-order valence-electron chi connectivity index (χ4n) is 4.55. The van der Waals surface area contributed by atoms with Crippen LogP contribution in [0.1, 0.15) is 24.0 Å². The van der Waals surface area contributed by atoms with Crippen LogP contribution in [0.4, 0.5) is 5.69 Å². The molecule has 0 spiro atoms. The number of carbonyl (C=O) groups excluding carboxylic acids is 1. The van der Waals surface area contributed by atoms with Crippen LogP contribution in [0.25, 0.3) is 21.9 Å². The van der Waals surface area contributed by atoms with Crippen LogP contribution in [0.15, 0.2) is 61.7 Å². The maximum atomic E-state index is 13.5. The number of non-ortho nitro benzene ring substituents is 1. The number of benzene rings is 2. The molecule has 4 aromatic rings. The topological polar surface area (TPSA) is 167 Å². The van der Waals surface area contributed by atoms with Crippen LogP contribution in [0.2, 0.25) is 0 Å². The fourth-order valence-corrected chi connectivity index (χ4v) is 4.55. The van der Waals surface area contributed by atoms with Gasteiger partial charge in [-0.2, -0.15) is 0 Å². The quantitative estimate of drug-likeness (QED) is 0.174. The van der Waals surface area contributed by atoms with E-state index in [9.17, 15) is 19.7 Å². The van der Waals surface area contributed by atoms with Gasteiger partial charge < -0.3 is 33.5 Å². The van der Waals surface area contributed by atoms with Crippen LogP contribution in [0.5, 0.6) is 17.2 Å². The van der Waals surface area contributed by atoms with Crippen LogP contribution in [0.3, 0.4) is 0 Å². The molecule has 37 heavy (non-hydrogen) atoms. The fraction of sp³-hybridized carbons (Fsp3) is 0.200. The van der Waals surface area contributed by atoms with Crippen molar-refractivity contribution in [1.29, 1.82) is 0 Å². The number of hydrogen-bond donors (Lipinski definition) is 1. The number of nitro benzene ring substituents is 1. The lowest BCUT2D eigenvalue weighted by molar-refractivity contribution is -0.384. The first kappa shape index (κ1) is 23.7. The first-order valence-corrected chi connectivity index (χ1v) is 11.0. The lowest BCUT2D eigenvalue weighted by Gasteiger charge is -2.28. The van der Waals surface area contributed by atoms with E-state index in [0.717, 1.165) is 0 Å². The third kappa shape index (κ3) is 3.53. The summed E-state index contributed by atoms with van der Waals surface area (Å²) in [5, 5.41) is 11.9. The molecular weight excluding hydrogens is 488 g/mol. The summed E-state index contributed by atoms with van der Waals surface area (Å²) in [5.74, 6) is -1.88. The van der Waals surface area contributed by atoms with Gasteiger partial charge in [0.2, 0.25) is 11.6 Å². The monoisotopic (exact) mass is 508 g/mol. The number of ether oxygens (including phenoxy) is 4. The van der Waals surface area contributed by atoms with E-state index in [0.29, 0.717) is 10.9 Å². The van der Waals surface area contributed by atoms with Crippen molar-refractivity contribution >= 4 is 33.6 Å². The van der Waals surface area contributed by atoms with Crippen molar-refractivity contribution in [3.8, 4) is 17.2 Å². The molecule has 0 bridgehead atoms. The lowest BCUT2D eigenvalue weighted by Crippen LogP contribution is -2.31. The number of nitrogens with two attached hydrogens (primary N) is 1. The van der Waals surface area contributed by atoms with E-state index >= 15 is 0 Å². The molecule has 2 N–H and O–H groups in total. The standard InChI is InChI=1S/C25H20N2O10/c1-4-34-24(28)16-14(11-5-7-12(8-6-11)27(30)31)15-20(36-23(16)26)17-18(32-2)13-9-10-35-19(13)22(33-3)21(17)37-25(15)29/h5-10,14H,4,26H2,1-3H3. The Morgan fingerprint density at radius 3 is 2.43 bits per heavy atom. The van der Waals surface area contributed by atoms with Gasteiger partial charge in [-0.3, -0.25) is 10.1 Å². The van der Waals surface area contributed by atoms with Gasteiger partial charge in [-0.1, -0.05) is 12.1 Å². The highest BCUT2D eigenvalue weighted by molar-refractivity contribution is 6.10. The summed E-state index contributed by atoms with van der Waals surface area (Å²) >= 11 is 0. The van der Waals surface area contributed by atoms with Gasteiger partial charge in [0, 0.05) is 12.1 Å². The summed E-state index contributed by atoms with van der Waals surface area (Å²) in [5.41, 5.74) is 5.63. The molecule has 0 fully saturated rings. The Labute approximate surface area is 207 Å². The van der Waals surface area contributed by atoms with E-state index in [4.69, 9.17) is 33.5 Å². The number of methoxy groups -OCH3 is 2. The second-order valence-corrected chi connectivity index (χ2v) is 7.95. The molecule has 2 aromatic heterocycles. The van der Waals surface area contributed by atoms with Crippen molar-refractivity contribution in [1.82, 2.24) is 0 Å². The van der Waals surface area contributed by atoms with Gasteiger partial charge in [0.25, 0.3) is 5.69 Å². The van der Waals surface area contributed by atoms with Crippen molar-refractivity contribution in [3.05, 3.63) is 79.7 Å². The number of carbonyl (C=O) groups is 1. The van der Waals surface area contributed by atoms with Gasteiger partial charge in [-0.15, -0.1) is 0 Å². The molecule has 5 rings (SSSR count). The highest BCUT2D eigenvalue weighted by Crippen LogP contribution is 2.51. The summed E-state index contributed by atoms with van der Waals surface area (Å²) < 4.78 is 33.5. The highest BCUT2D eigenvalue weighted by atomic mass is 16.6. The van der Waals surface area contributed by atoms with Gasteiger partial charge in [0.15, 0.2) is 16.9 Å². The third-order valence-electron chi connectivity index (χ3n) is 6.06. The SMILES string of the molecule is CCOC(=O)C1=C(N)Oc2c(c(=O)oc3c(OC)c4occc4c(OC)c23)C1c1ccc([N+](=O)[O-])cc1. The first-order chi connectivity index (χ1) is 17.8. The zero-order chi connectivity index (χ0) is 26.4. The van der Waals surface area contributed by atoms with Crippen LogP contribution < -0.4 is 25.6 Å². The Kier molecular flexibility index (Phi) is 5.71. The Bertz CT molecular complexity index is 1660. The number of rotatable bonds is 6. The van der Waals surface area contributed by atoms with Crippen molar-refractivity contribution in [2.45, 2.75) is 12.8 Å². The molecule has 12 heteroatoms. The van der Waals surface area contributed by atoms with Crippen LogP contribution in [-0.4, -0.2) is 31.7 Å². The average Bonchev–Trinajstić information content (AvgIpc) is 3.36. The average molecular weight is 508 g/mol. The van der Waals surface area contributed by atoms with Crippen LogP contribution >= 0.6 is 0 Å². The third-order valence-corrected chi connectivity index (χ3v) is 6.06. The minimum Gasteiger partial charge on any atom is -0.495 e. The molecule has 1 unspecified atom stereocenters. The second kappa shape index (κ2) is 8.90. The summed E-state index contributed by atoms with van der Waals surface area (Å²) in [6.45, 7) is 1.65. The van der Waals surface area contributed by atoms with Crippen molar-refractivity contribution in [3.63, 3.8) is 0 Å². The van der Waals surface area contributed by atoms with Gasteiger partial charge in [0.05, 0.1) is 48.9 Å². The van der Waals surface area contributed by atoms with Crippen molar-refractivity contribution in [2.75, 3.05) is 20.8 Å². The normalized spacial score (nSPS) is 14.8. The molecule has 0 radical (unpaired) electrons. The Balaban J connectivity index is 1.89. The van der Waals surface area contributed by atoms with Gasteiger partial charge >= 0.3 is 11.6 Å². The van der Waals surface area contributed by atoms with Crippen molar-refractivity contribution < 1.29 is 37.5 Å². The second-order valence-electron chi connectivity index (χ2n) is 7.95. The molecule has 0 saturated heterocycles. The Hall–Kier alpha value is -5.00. The summed E-state index contributed by atoms with van der Waals surface area (Å²) in [6.07, 6.45) is 1.42. The molecule has 0 amide bonds. The lowest BCUT2D eigenvalue weighted by atomic mass is 9.83. The van der Waals surface area contributed by atoms with Crippen molar-refractivity contribution in [2.24, 2.45) is 5.73 Å². The molecule has 2 aromatic carbocycles. The Morgan fingerprint density at radius 1 is 1.11 bits per heavy atom. The van der Waals surface area contributed by atoms with Crippen LogP contribution in [-0.2, 0) is 9.53 Å². The summed E-state index contributed by atoms with van der Waals surface area (Å²) in [7, 11) is 2.81. The van der Waals surface area contributed by atoms with E-state index in [1.165, 1.54) is 44.7 Å². The number of fused-ring (bicyclic) bond motifs is 4. The minimum absolute atomic E-state index is 0.0135. The minimum atomic E-state index is -1.12. The molecule has 0 aliphatic carbocycles.